The van der Waals surface area contributed by atoms with Crippen LogP contribution in [0.25, 0.3) is 0 Å². The van der Waals surface area contributed by atoms with Crippen LogP contribution < -0.4 is 15.4 Å². The lowest BCUT2D eigenvalue weighted by Crippen LogP contribution is -2.40. The first-order chi connectivity index (χ1) is 8.17. The first-order valence-corrected chi connectivity index (χ1v) is 6.04. The minimum absolute atomic E-state index is 0.284. The van der Waals surface area contributed by atoms with Gasteiger partial charge in [-0.3, -0.25) is 0 Å². The standard InChI is InChI=1S/C11H17ClN4O/c1-16(9(5-13)7-3-4-7)10-8(12)6-14-11(15-10)17-2/h6-7,9H,3-5,13H2,1-2H3. The number of aromatic nitrogens is 2. The highest BCUT2D eigenvalue weighted by molar-refractivity contribution is 6.32. The Morgan fingerprint density at radius 1 is 1.65 bits per heavy atom. The van der Waals surface area contributed by atoms with Crippen molar-refractivity contribution in [2.75, 3.05) is 25.6 Å². The minimum atomic E-state index is 0.284. The molecule has 1 heterocycles. The van der Waals surface area contributed by atoms with E-state index in [0.717, 1.165) is 0 Å². The Labute approximate surface area is 106 Å². The van der Waals surface area contributed by atoms with Gasteiger partial charge in [0.25, 0.3) is 0 Å². The fourth-order valence-electron chi connectivity index (χ4n) is 1.99. The van der Waals surface area contributed by atoms with Crippen LogP contribution in [0, 0.1) is 5.92 Å². The summed E-state index contributed by atoms with van der Waals surface area (Å²) >= 11 is 6.11. The molecule has 1 aromatic heterocycles. The second-order valence-corrected chi connectivity index (χ2v) is 4.69. The van der Waals surface area contributed by atoms with E-state index in [-0.39, 0.29) is 6.04 Å². The summed E-state index contributed by atoms with van der Waals surface area (Å²) in [5.74, 6) is 1.34. The summed E-state index contributed by atoms with van der Waals surface area (Å²) in [6.45, 7) is 0.601. The van der Waals surface area contributed by atoms with Crippen LogP contribution in [0.1, 0.15) is 12.8 Å². The van der Waals surface area contributed by atoms with Crippen LogP contribution in [0.5, 0.6) is 6.01 Å². The molecular formula is C11H17ClN4O. The largest absolute Gasteiger partial charge is 0.467 e. The molecule has 0 spiro atoms. The Bertz CT molecular complexity index is 397. The third-order valence-corrected chi connectivity index (χ3v) is 3.39. The van der Waals surface area contributed by atoms with Crippen molar-refractivity contribution >= 4 is 17.4 Å². The Hall–Kier alpha value is -1.07. The summed E-state index contributed by atoms with van der Waals surface area (Å²) in [6, 6.07) is 0.606. The highest BCUT2D eigenvalue weighted by Gasteiger charge is 2.34. The van der Waals surface area contributed by atoms with Crippen LogP contribution in [-0.2, 0) is 0 Å². The predicted octanol–water partition coefficient (Wildman–Crippen LogP) is 1.31. The lowest BCUT2D eigenvalue weighted by molar-refractivity contribution is 0.379. The number of rotatable bonds is 5. The average Bonchev–Trinajstić information content (AvgIpc) is 3.15. The number of anilines is 1. The topological polar surface area (TPSA) is 64.3 Å². The van der Waals surface area contributed by atoms with Crippen LogP contribution >= 0.6 is 11.6 Å². The number of halogens is 1. The van der Waals surface area contributed by atoms with Crippen molar-refractivity contribution in [1.82, 2.24) is 9.97 Å². The first-order valence-electron chi connectivity index (χ1n) is 5.66. The summed E-state index contributed by atoms with van der Waals surface area (Å²) in [5.41, 5.74) is 5.81. The molecule has 1 aliphatic rings. The summed E-state index contributed by atoms with van der Waals surface area (Å²) in [4.78, 5) is 10.3. The molecule has 1 atom stereocenters. The highest BCUT2D eigenvalue weighted by Crippen LogP contribution is 2.37. The Balaban J connectivity index is 2.24. The van der Waals surface area contributed by atoms with E-state index in [1.54, 1.807) is 6.20 Å². The highest BCUT2D eigenvalue weighted by atomic mass is 35.5. The van der Waals surface area contributed by atoms with E-state index in [1.165, 1.54) is 20.0 Å². The van der Waals surface area contributed by atoms with Gasteiger partial charge >= 0.3 is 6.01 Å². The molecule has 2 rings (SSSR count). The molecule has 94 valence electrons. The van der Waals surface area contributed by atoms with Crippen molar-refractivity contribution in [3.63, 3.8) is 0 Å². The third-order valence-electron chi connectivity index (χ3n) is 3.13. The molecule has 1 aliphatic carbocycles. The summed E-state index contributed by atoms with van der Waals surface area (Å²) in [6.07, 6.45) is 4.01. The van der Waals surface area contributed by atoms with Gasteiger partial charge in [-0.15, -0.1) is 0 Å². The van der Waals surface area contributed by atoms with E-state index in [0.29, 0.717) is 29.3 Å². The van der Waals surface area contributed by atoms with Gasteiger partial charge in [0.2, 0.25) is 0 Å². The molecule has 6 heteroatoms. The smallest absolute Gasteiger partial charge is 0.318 e. The lowest BCUT2D eigenvalue weighted by atomic mass is 10.1. The molecule has 0 bridgehead atoms. The Morgan fingerprint density at radius 2 is 2.35 bits per heavy atom. The second kappa shape index (κ2) is 5.06. The van der Waals surface area contributed by atoms with Gasteiger partial charge in [-0.2, -0.15) is 4.98 Å². The number of nitrogens with zero attached hydrogens (tertiary/aromatic N) is 3. The van der Waals surface area contributed by atoms with Crippen molar-refractivity contribution in [2.45, 2.75) is 18.9 Å². The zero-order valence-electron chi connectivity index (χ0n) is 10.1. The number of hydrogen-bond acceptors (Lipinski definition) is 5. The van der Waals surface area contributed by atoms with Gasteiger partial charge in [0.15, 0.2) is 5.82 Å². The quantitative estimate of drug-likeness (QED) is 0.861. The molecule has 5 nitrogen and oxygen atoms in total. The summed E-state index contributed by atoms with van der Waals surface area (Å²) in [7, 11) is 3.50. The van der Waals surface area contributed by atoms with E-state index in [1.807, 2.05) is 11.9 Å². The normalized spacial score (nSPS) is 16.7. The second-order valence-electron chi connectivity index (χ2n) is 4.28. The molecule has 0 amide bonds. The monoisotopic (exact) mass is 256 g/mol. The number of likely N-dealkylation sites (N-methyl/N-ethyl adjacent to an activating group) is 1. The van der Waals surface area contributed by atoms with Crippen molar-refractivity contribution < 1.29 is 4.74 Å². The Kier molecular flexibility index (Phi) is 3.69. The molecule has 0 aliphatic heterocycles. The van der Waals surface area contributed by atoms with E-state index >= 15 is 0 Å². The summed E-state index contributed by atoms with van der Waals surface area (Å²) < 4.78 is 5.01. The molecule has 1 saturated carbocycles. The molecule has 1 unspecified atom stereocenters. The third kappa shape index (κ3) is 2.61. The number of hydrogen-bond donors (Lipinski definition) is 1. The van der Waals surface area contributed by atoms with E-state index < -0.39 is 0 Å². The molecule has 17 heavy (non-hydrogen) atoms. The maximum absolute atomic E-state index is 6.11. The van der Waals surface area contributed by atoms with Crippen LogP contribution in [-0.4, -0.2) is 36.7 Å². The van der Waals surface area contributed by atoms with Gasteiger partial charge in [0.05, 0.1) is 13.3 Å². The first kappa shape index (κ1) is 12.4. The van der Waals surface area contributed by atoms with E-state index in [4.69, 9.17) is 22.1 Å². The zero-order valence-corrected chi connectivity index (χ0v) is 10.8. The molecule has 0 aromatic carbocycles. The van der Waals surface area contributed by atoms with Crippen molar-refractivity contribution in [3.05, 3.63) is 11.2 Å². The average molecular weight is 257 g/mol. The van der Waals surface area contributed by atoms with Gasteiger partial charge < -0.3 is 15.4 Å². The SMILES string of the molecule is COc1ncc(Cl)c(N(C)C(CN)C2CC2)n1. The van der Waals surface area contributed by atoms with Crippen molar-refractivity contribution in [2.24, 2.45) is 11.7 Å². The molecule has 1 aromatic rings. The summed E-state index contributed by atoms with van der Waals surface area (Å²) in [5, 5.41) is 0.521. The number of ether oxygens (including phenoxy) is 1. The molecule has 2 N–H and O–H groups in total. The van der Waals surface area contributed by atoms with Crippen molar-refractivity contribution in [3.8, 4) is 6.01 Å². The Morgan fingerprint density at radius 3 is 2.88 bits per heavy atom. The fourth-order valence-corrected chi connectivity index (χ4v) is 2.22. The van der Waals surface area contributed by atoms with Gasteiger partial charge in [-0.05, 0) is 18.8 Å². The van der Waals surface area contributed by atoms with E-state index in [9.17, 15) is 0 Å². The zero-order chi connectivity index (χ0) is 12.4. The van der Waals surface area contributed by atoms with Crippen LogP contribution in [0.4, 0.5) is 5.82 Å². The lowest BCUT2D eigenvalue weighted by Gasteiger charge is -2.28. The van der Waals surface area contributed by atoms with Gasteiger partial charge in [-0.25, -0.2) is 4.98 Å². The number of methoxy groups -OCH3 is 1. The van der Waals surface area contributed by atoms with Gasteiger partial charge in [-0.1, -0.05) is 11.6 Å². The van der Waals surface area contributed by atoms with Crippen LogP contribution in [0.15, 0.2) is 6.20 Å². The minimum Gasteiger partial charge on any atom is -0.467 e. The maximum atomic E-state index is 6.11. The molecule has 0 saturated heterocycles. The predicted molar refractivity (Wildman–Crippen MR) is 67.6 cm³/mol. The molecule has 1 fully saturated rings. The fraction of sp³-hybridized carbons (Fsp3) is 0.636. The van der Waals surface area contributed by atoms with Gasteiger partial charge in [0, 0.05) is 19.6 Å². The van der Waals surface area contributed by atoms with Gasteiger partial charge in [0.1, 0.15) is 5.02 Å². The molecular weight excluding hydrogens is 240 g/mol. The van der Waals surface area contributed by atoms with Crippen LogP contribution in [0.2, 0.25) is 5.02 Å². The van der Waals surface area contributed by atoms with E-state index in [2.05, 4.69) is 9.97 Å². The maximum Gasteiger partial charge on any atom is 0.318 e. The number of nitrogens with two attached hydrogens (primary N) is 1. The van der Waals surface area contributed by atoms with Crippen molar-refractivity contribution in [1.29, 1.82) is 0 Å². The van der Waals surface area contributed by atoms with Crippen LogP contribution in [0.3, 0.4) is 0 Å². The molecule has 0 radical (unpaired) electrons.